The molecule has 3 nitrogen and oxygen atoms in total. The number of halogens is 1. The van der Waals surface area contributed by atoms with Crippen LogP contribution < -0.4 is 0 Å². The Bertz CT molecular complexity index is 547. The SMILES string of the molecule is CCN(CCC(O)c1cccc(F)c1)Cc1ccncc1. The van der Waals surface area contributed by atoms with Crippen LogP contribution in [0.15, 0.2) is 48.8 Å². The molecule has 21 heavy (non-hydrogen) atoms. The van der Waals surface area contributed by atoms with Crippen molar-refractivity contribution in [2.75, 3.05) is 13.1 Å². The number of benzene rings is 1. The van der Waals surface area contributed by atoms with Crippen molar-refractivity contribution in [1.82, 2.24) is 9.88 Å². The lowest BCUT2D eigenvalue weighted by Gasteiger charge is -2.22. The van der Waals surface area contributed by atoms with Gasteiger partial charge in [-0.15, -0.1) is 0 Å². The van der Waals surface area contributed by atoms with Gasteiger partial charge in [0.05, 0.1) is 6.10 Å². The Balaban J connectivity index is 1.88. The molecule has 1 atom stereocenters. The second-order valence-corrected chi connectivity index (χ2v) is 5.08. The van der Waals surface area contributed by atoms with E-state index in [-0.39, 0.29) is 5.82 Å². The van der Waals surface area contributed by atoms with Crippen molar-refractivity contribution in [1.29, 1.82) is 0 Å². The van der Waals surface area contributed by atoms with E-state index >= 15 is 0 Å². The number of aliphatic hydroxyl groups is 1. The second kappa shape index (κ2) is 7.86. The molecular weight excluding hydrogens is 267 g/mol. The van der Waals surface area contributed by atoms with Gasteiger partial charge < -0.3 is 5.11 Å². The van der Waals surface area contributed by atoms with Gasteiger partial charge >= 0.3 is 0 Å². The van der Waals surface area contributed by atoms with Crippen LogP contribution in [0, 0.1) is 5.82 Å². The highest BCUT2D eigenvalue weighted by molar-refractivity contribution is 5.18. The van der Waals surface area contributed by atoms with Crippen LogP contribution in [0.5, 0.6) is 0 Å². The first-order valence-electron chi connectivity index (χ1n) is 7.24. The van der Waals surface area contributed by atoms with Crippen molar-refractivity contribution in [2.45, 2.75) is 26.0 Å². The van der Waals surface area contributed by atoms with Crippen molar-refractivity contribution >= 4 is 0 Å². The molecule has 0 spiro atoms. The van der Waals surface area contributed by atoms with Gasteiger partial charge in [-0.05, 0) is 48.4 Å². The van der Waals surface area contributed by atoms with Crippen LogP contribution in [-0.4, -0.2) is 28.1 Å². The third kappa shape index (κ3) is 4.92. The number of aliphatic hydroxyl groups excluding tert-OH is 1. The molecule has 2 rings (SSSR count). The lowest BCUT2D eigenvalue weighted by Crippen LogP contribution is -2.25. The Labute approximate surface area is 125 Å². The average Bonchev–Trinajstić information content (AvgIpc) is 2.52. The van der Waals surface area contributed by atoms with E-state index in [0.717, 1.165) is 19.6 Å². The maximum Gasteiger partial charge on any atom is 0.123 e. The van der Waals surface area contributed by atoms with E-state index in [2.05, 4.69) is 16.8 Å². The lowest BCUT2D eigenvalue weighted by molar-refractivity contribution is 0.141. The van der Waals surface area contributed by atoms with Gasteiger partial charge in [0.1, 0.15) is 5.82 Å². The normalized spacial score (nSPS) is 12.6. The molecule has 0 saturated carbocycles. The molecule has 2 aromatic rings. The molecule has 0 radical (unpaired) electrons. The van der Waals surface area contributed by atoms with Crippen molar-refractivity contribution in [3.63, 3.8) is 0 Å². The number of aromatic nitrogens is 1. The highest BCUT2D eigenvalue weighted by Crippen LogP contribution is 2.18. The van der Waals surface area contributed by atoms with Gasteiger partial charge in [-0.1, -0.05) is 19.1 Å². The molecule has 1 aromatic heterocycles. The summed E-state index contributed by atoms with van der Waals surface area (Å²) >= 11 is 0. The minimum Gasteiger partial charge on any atom is -0.388 e. The molecule has 0 bridgehead atoms. The summed E-state index contributed by atoms with van der Waals surface area (Å²) in [5.41, 5.74) is 1.84. The first-order valence-corrected chi connectivity index (χ1v) is 7.24. The number of hydrogen-bond donors (Lipinski definition) is 1. The number of rotatable bonds is 7. The Morgan fingerprint density at radius 1 is 1.24 bits per heavy atom. The molecule has 0 fully saturated rings. The molecule has 1 N–H and O–H groups in total. The van der Waals surface area contributed by atoms with Gasteiger partial charge in [0.2, 0.25) is 0 Å². The van der Waals surface area contributed by atoms with E-state index in [1.165, 1.54) is 17.7 Å². The number of hydrogen-bond acceptors (Lipinski definition) is 3. The molecule has 1 unspecified atom stereocenters. The van der Waals surface area contributed by atoms with Gasteiger partial charge in [-0.2, -0.15) is 0 Å². The summed E-state index contributed by atoms with van der Waals surface area (Å²) in [6.07, 6.45) is 3.52. The van der Waals surface area contributed by atoms with Crippen LogP contribution in [0.3, 0.4) is 0 Å². The van der Waals surface area contributed by atoms with E-state index in [1.54, 1.807) is 24.5 Å². The monoisotopic (exact) mass is 288 g/mol. The Kier molecular flexibility index (Phi) is 5.84. The zero-order valence-electron chi connectivity index (χ0n) is 12.2. The molecule has 0 aliphatic carbocycles. The van der Waals surface area contributed by atoms with Crippen LogP contribution in [0.4, 0.5) is 4.39 Å². The first-order chi connectivity index (χ1) is 10.2. The maximum absolute atomic E-state index is 13.2. The van der Waals surface area contributed by atoms with Crippen molar-refractivity contribution in [3.8, 4) is 0 Å². The molecule has 4 heteroatoms. The maximum atomic E-state index is 13.2. The zero-order valence-corrected chi connectivity index (χ0v) is 12.2. The fourth-order valence-electron chi connectivity index (χ4n) is 2.28. The van der Waals surface area contributed by atoms with Crippen molar-refractivity contribution in [3.05, 3.63) is 65.7 Å². The third-order valence-corrected chi connectivity index (χ3v) is 3.55. The van der Waals surface area contributed by atoms with Gasteiger partial charge in [0.25, 0.3) is 0 Å². The largest absolute Gasteiger partial charge is 0.388 e. The van der Waals surface area contributed by atoms with Crippen molar-refractivity contribution < 1.29 is 9.50 Å². The molecule has 112 valence electrons. The fourth-order valence-corrected chi connectivity index (χ4v) is 2.28. The average molecular weight is 288 g/mol. The Hall–Kier alpha value is -1.78. The van der Waals surface area contributed by atoms with E-state index in [9.17, 15) is 9.50 Å². The summed E-state index contributed by atoms with van der Waals surface area (Å²) in [4.78, 5) is 6.25. The molecule has 0 saturated heterocycles. The van der Waals surface area contributed by atoms with Crippen LogP contribution in [0.2, 0.25) is 0 Å². The minimum atomic E-state index is -0.632. The second-order valence-electron chi connectivity index (χ2n) is 5.08. The summed E-state index contributed by atoms with van der Waals surface area (Å²) in [6.45, 7) is 4.58. The molecule has 1 heterocycles. The predicted molar refractivity (Wildman–Crippen MR) is 81.2 cm³/mol. The minimum absolute atomic E-state index is 0.310. The Morgan fingerprint density at radius 3 is 2.67 bits per heavy atom. The van der Waals surface area contributed by atoms with E-state index in [0.29, 0.717) is 12.0 Å². The topological polar surface area (TPSA) is 36.4 Å². The van der Waals surface area contributed by atoms with Gasteiger partial charge in [-0.3, -0.25) is 9.88 Å². The summed E-state index contributed by atoms with van der Waals surface area (Å²) in [5.74, 6) is -0.310. The third-order valence-electron chi connectivity index (χ3n) is 3.55. The summed E-state index contributed by atoms with van der Waals surface area (Å²) in [5, 5.41) is 10.2. The van der Waals surface area contributed by atoms with E-state index in [1.807, 2.05) is 12.1 Å². The molecule has 0 amide bonds. The summed E-state index contributed by atoms with van der Waals surface area (Å²) < 4.78 is 13.2. The van der Waals surface area contributed by atoms with Crippen LogP contribution in [0.25, 0.3) is 0 Å². The molecular formula is C17H21FN2O. The van der Waals surface area contributed by atoms with Gasteiger partial charge in [-0.25, -0.2) is 4.39 Å². The molecule has 1 aromatic carbocycles. The molecule has 0 aliphatic rings. The standard InChI is InChI=1S/C17H21FN2O/c1-2-20(13-14-6-9-19-10-7-14)11-8-17(21)15-4-3-5-16(18)12-15/h3-7,9-10,12,17,21H,2,8,11,13H2,1H3. The van der Waals surface area contributed by atoms with E-state index < -0.39 is 6.10 Å². The number of pyridine rings is 1. The van der Waals surface area contributed by atoms with Crippen LogP contribution in [0.1, 0.15) is 30.6 Å². The quantitative estimate of drug-likeness (QED) is 0.850. The lowest BCUT2D eigenvalue weighted by atomic mass is 10.1. The smallest absolute Gasteiger partial charge is 0.123 e. The van der Waals surface area contributed by atoms with E-state index in [4.69, 9.17) is 0 Å². The summed E-state index contributed by atoms with van der Waals surface area (Å²) in [7, 11) is 0. The summed E-state index contributed by atoms with van der Waals surface area (Å²) in [6, 6.07) is 10.1. The predicted octanol–water partition coefficient (Wildman–Crippen LogP) is 3.17. The van der Waals surface area contributed by atoms with Gasteiger partial charge in [0, 0.05) is 25.5 Å². The number of nitrogens with zero attached hydrogens (tertiary/aromatic N) is 2. The Morgan fingerprint density at radius 2 is 2.00 bits per heavy atom. The van der Waals surface area contributed by atoms with Crippen LogP contribution >= 0.6 is 0 Å². The molecule has 0 aliphatic heterocycles. The van der Waals surface area contributed by atoms with Crippen LogP contribution in [-0.2, 0) is 6.54 Å². The zero-order chi connectivity index (χ0) is 15.1. The highest BCUT2D eigenvalue weighted by Gasteiger charge is 2.11. The highest BCUT2D eigenvalue weighted by atomic mass is 19.1. The van der Waals surface area contributed by atoms with Gasteiger partial charge in [0.15, 0.2) is 0 Å². The first kappa shape index (κ1) is 15.6. The van der Waals surface area contributed by atoms with Crippen molar-refractivity contribution in [2.24, 2.45) is 0 Å². The fraction of sp³-hybridized carbons (Fsp3) is 0.353.